The number of fused-ring (bicyclic) bond motifs is 2. The molecule has 2 aliphatic heterocycles. The maximum absolute atomic E-state index is 13.7. The van der Waals surface area contributed by atoms with E-state index in [2.05, 4.69) is 11.9 Å². The fourth-order valence-electron chi connectivity index (χ4n) is 3.99. The minimum absolute atomic E-state index is 0.0277. The van der Waals surface area contributed by atoms with Crippen molar-refractivity contribution in [2.45, 2.75) is 25.9 Å². The van der Waals surface area contributed by atoms with Gasteiger partial charge in [-0.2, -0.15) is 9.49 Å². The molecule has 140 valence electrons. The summed E-state index contributed by atoms with van der Waals surface area (Å²) < 4.78 is 21.8. The average Bonchev–Trinajstić information content (AvgIpc) is 3.38. The standard InChI is InChI=1S/C19H19FN4O2S/c1-11-8-23(19(25)12-3-5-26-10-12)9-13-6-15(22-24(11)13)14-2-4-21-16-7-17(20)27-18(14)16/h2,4,6-7,11-12H,3,5,8-10H2,1H3/t11-,12+/m0/s1. The zero-order valence-corrected chi connectivity index (χ0v) is 15.7. The van der Waals surface area contributed by atoms with Crippen LogP contribution in [-0.2, 0) is 16.1 Å². The lowest BCUT2D eigenvalue weighted by Crippen LogP contribution is -2.43. The molecular weight excluding hydrogens is 367 g/mol. The smallest absolute Gasteiger partial charge is 0.228 e. The molecule has 2 aliphatic rings. The Labute approximate surface area is 159 Å². The Morgan fingerprint density at radius 2 is 2.30 bits per heavy atom. The van der Waals surface area contributed by atoms with E-state index in [1.54, 1.807) is 6.20 Å². The Balaban J connectivity index is 1.49. The van der Waals surface area contributed by atoms with E-state index in [4.69, 9.17) is 9.84 Å². The third-order valence-electron chi connectivity index (χ3n) is 5.32. The van der Waals surface area contributed by atoms with Crippen molar-refractivity contribution in [1.82, 2.24) is 19.7 Å². The van der Waals surface area contributed by atoms with Gasteiger partial charge in [0.2, 0.25) is 5.91 Å². The van der Waals surface area contributed by atoms with Gasteiger partial charge >= 0.3 is 0 Å². The van der Waals surface area contributed by atoms with Gasteiger partial charge in [0.15, 0.2) is 5.13 Å². The number of amides is 1. The summed E-state index contributed by atoms with van der Waals surface area (Å²) in [5.41, 5.74) is 3.32. The number of halogens is 1. The average molecular weight is 386 g/mol. The third-order valence-corrected chi connectivity index (χ3v) is 6.26. The lowest BCUT2D eigenvalue weighted by Gasteiger charge is -2.33. The van der Waals surface area contributed by atoms with Crippen LogP contribution in [0.25, 0.3) is 21.5 Å². The first-order valence-corrected chi connectivity index (χ1v) is 9.91. The summed E-state index contributed by atoms with van der Waals surface area (Å²) in [7, 11) is 0. The molecule has 0 aliphatic carbocycles. The number of hydrogen-bond acceptors (Lipinski definition) is 5. The van der Waals surface area contributed by atoms with Gasteiger partial charge in [0, 0.05) is 31.0 Å². The van der Waals surface area contributed by atoms with Crippen LogP contribution in [0.15, 0.2) is 24.4 Å². The molecule has 2 atom stereocenters. The zero-order valence-electron chi connectivity index (χ0n) is 14.9. The highest BCUT2D eigenvalue weighted by atomic mass is 32.1. The normalized spacial score (nSPS) is 22.4. The van der Waals surface area contributed by atoms with E-state index < -0.39 is 0 Å². The Hall–Kier alpha value is -2.32. The zero-order chi connectivity index (χ0) is 18.5. The van der Waals surface area contributed by atoms with Crippen molar-refractivity contribution in [1.29, 1.82) is 0 Å². The predicted octanol–water partition coefficient (Wildman–Crippen LogP) is 3.24. The molecule has 0 N–H and O–H groups in total. The minimum atomic E-state index is -0.252. The number of ether oxygens (including phenoxy) is 1. The van der Waals surface area contributed by atoms with Gasteiger partial charge in [-0.25, -0.2) is 0 Å². The number of carbonyl (C=O) groups is 1. The van der Waals surface area contributed by atoms with Crippen LogP contribution in [0, 0.1) is 11.0 Å². The molecule has 0 bridgehead atoms. The molecule has 5 rings (SSSR count). The molecule has 0 aromatic carbocycles. The van der Waals surface area contributed by atoms with E-state index in [0.717, 1.165) is 39.4 Å². The van der Waals surface area contributed by atoms with Gasteiger partial charge < -0.3 is 9.64 Å². The Morgan fingerprint density at radius 3 is 3.11 bits per heavy atom. The number of hydrogen-bond donors (Lipinski definition) is 0. The molecule has 0 saturated carbocycles. The second kappa shape index (κ2) is 6.38. The highest BCUT2D eigenvalue weighted by molar-refractivity contribution is 7.18. The van der Waals surface area contributed by atoms with Crippen molar-refractivity contribution in [2.75, 3.05) is 19.8 Å². The Kier molecular flexibility index (Phi) is 3.98. The highest BCUT2D eigenvalue weighted by Gasteiger charge is 2.33. The molecule has 6 nitrogen and oxygen atoms in total. The SMILES string of the molecule is C[C@H]1CN(C(=O)[C@@H]2CCOC2)Cc2cc(-c3ccnc4cc(F)sc34)nn21. The molecule has 0 unspecified atom stereocenters. The topological polar surface area (TPSA) is 60.3 Å². The van der Waals surface area contributed by atoms with E-state index in [-0.39, 0.29) is 23.0 Å². The Morgan fingerprint density at radius 1 is 1.41 bits per heavy atom. The van der Waals surface area contributed by atoms with Crippen molar-refractivity contribution in [3.05, 3.63) is 35.2 Å². The summed E-state index contributed by atoms with van der Waals surface area (Å²) in [6.07, 6.45) is 2.48. The summed E-state index contributed by atoms with van der Waals surface area (Å²) in [4.78, 5) is 18.9. The quantitative estimate of drug-likeness (QED) is 0.678. The second-order valence-corrected chi connectivity index (χ2v) is 8.22. The highest BCUT2D eigenvalue weighted by Crippen LogP contribution is 2.34. The van der Waals surface area contributed by atoms with Crippen molar-refractivity contribution in [3.8, 4) is 11.3 Å². The van der Waals surface area contributed by atoms with E-state index >= 15 is 0 Å². The van der Waals surface area contributed by atoms with E-state index in [1.165, 1.54) is 6.07 Å². The lowest BCUT2D eigenvalue weighted by atomic mass is 10.1. The maximum Gasteiger partial charge on any atom is 0.228 e. The number of thiophene rings is 1. The Bertz CT molecular complexity index is 1020. The van der Waals surface area contributed by atoms with Gasteiger partial charge in [0.1, 0.15) is 0 Å². The van der Waals surface area contributed by atoms with Gasteiger partial charge in [-0.1, -0.05) is 0 Å². The number of aromatic nitrogens is 3. The van der Waals surface area contributed by atoms with Crippen LogP contribution in [0.3, 0.4) is 0 Å². The number of nitrogens with zero attached hydrogens (tertiary/aromatic N) is 4. The minimum Gasteiger partial charge on any atom is -0.381 e. The monoisotopic (exact) mass is 386 g/mol. The van der Waals surface area contributed by atoms with Gasteiger partial charge in [-0.05, 0) is 25.5 Å². The largest absolute Gasteiger partial charge is 0.381 e. The molecule has 8 heteroatoms. The fraction of sp³-hybridized carbons (Fsp3) is 0.421. The summed E-state index contributed by atoms with van der Waals surface area (Å²) in [5, 5.41) is 4.51. The van der Waals surface area contributed by atoms with Crippen LogP contribution >= 0.6 is 11.3 Å². The van der Waals surface area contributed by atoms with Crippen molar-refractivity contribution >= 4 is 27.5 Å². The molecule has 27 heavy (non-hydrogen) atoms. The summed E-state index contributed by atoms with van der Waals surface area (Å²) >= 11 is 1.09. The van der Waals surface area contributed by atoms with Crippen LogP contribution in [0.2, 0.25) is 0 Å². The summed E-state index contributed by atoms with van der Waals surface area (Å²) in [6, 6.07) is 5.42. The molecule has 1 saturated heterocycles. The second-order valence-electron chi connectivity index (χ2n) is 7.22. The summed E-state index contributed by atoms with van der Waals surface area (Å²) in [5.74, 6) is 0.139. The number of rotatable bonds is 2. The van der Waals surface area contributed by atoms with E-state index in [0.29, 0.717) is 31.8 Å². The third kappa shape index (κ3) is 2.83. The molecule has 0 radical (unpaired) electrons. The predicted molar refractivity (Wildman–Crippen MR) is 99.9 cm³/mol. The van der Waals surface area contributed by atoms with Crippen LogP contribution in [-0.4, -0.2) is 45.3 Å². The molecule has 3 aromatic heterocycles. The van der Waals surface area contributed by atoms with Crippen molar-refractivity contribution < 1.29 is 13.9 Å². The number of carbonyl (C=O) groups excluding carboxylic acids is 1. The van der Waals surface area contributed by atoms with Crippen molar-refractivity contribution in [2.24, 2.45) is 5.92 Å². The number of pyridine rings is 1. The van der Waals surface area contributed by atoms with Gasteiger partial charge in [-0.15, -0.1) is 11.3 Å². The van der Waals surface area contributed by atoms with Gasteiger partial charge in [0.05, 0.1) is 46.7 Å². The van der Waals surface area contributed by atoms with Crippen LogP contribution in [0.1, 0.15) is 25.1 Å². The summed E-state index contributed by atoms with van der Waals surface area (Å²) in [6.45, 7) is 4.44. The molecule has 1 amide bonds. The first-order valence-electron chi connectivity index (χ1n) is 9.09. The van der Waals surface area contributed by atoms with Crippen LogP contribution in [0.5, 0.6) is 0 Å². The van der Waals surface area contributed by atoms with Gasteiger partial charge in [-0.3, -0.25) is 14.5 Å². The molecule has 3 aromatic rings. The van der Waals surface area contributed by atoms with Crippen molar-refractivity contribution in [3.63, 3.8) is 0 Å². The molecular formula is C19H19FN4O2S. The first kappa shape index (κ1) is 16.8. The van der Waals surface area contributed by atoms with E-state index in [9.17, 15) is 9.18 Å². The molecule has 0 spiro atoms. The van der Waals surface area contributed by atoms with Crippen LogP contribution < -0.4 is 0 Å². The molecule has 1 fully saturated rings. The fourth-order valence-corrected chi connectivity index (χ4v) is 4.85. The maximum atomic E-state index is 13.7. The first-order chi connectivity index (χ1) is 13.1. The van der Waals surface area contributed by atoms with E-state index in [1.807, 2.05) is 21.7 Å². The lowest BCUT2D eigenvalue weighted by molar-refractivity contribution is -0.137. The van der Waals surface area contributed by atoms with Crippen LogP contribution in [0.4, 0.5) is 4.39 Å². The van der Waals surface area contributed by atoms with Gasteiger partial charge in [0.25, 0.3) is 0 Å². The molecule has 5 heterocycles.